The number of imide groups is 1. The number of benzene rings is 2. The molecule has 2 aliphatic heterocycles. The van der Waals surface area contributed by atoms with Gasteiger partial charge < -0.3 is 19.1 Å². The van der Waals surface area contributed by atoms with Crippen LogP contribution in [0.5, 0.6) is 11.5 Å². The summed E-state index contributed by atoms with van der Waals surface area (Å²) < 4.78 is 16.4. The maximum absolute atomic E-state index is 13.5. The molecule has 33 heavy (non-hydrogen) atoms. The van der Waals surface area contributed by atoms with Gasteiger partial charge in [-0.15, -0.1) is 0 Å². The normalized spacial score (nSPS) is 16.7. The van der Waals surface area contributed by atoms with Crippen molar-refractivity contribution in [2.75, 3.05) is 40.0 Å². The van der Waals surface area contributed by atoms with Crippen LogP contribution in [-0.4, -0.2) is 67.7 Å². The van der Waals surface area contributed by atoms with E-state index in [0.29, 0.717) is 50.5 Å². The Balaban J connectivity index is 1.59. The fourth-order valence-electron chi connectivity index (χ4n) is 4.11. The van der Waals surface area contributed by atoms with E-state index in [0.717, 1.165) is 22.6 Å². The molecule has 2 aliphatic rings. The van der Waals surface area contributed by atoms with Crippen LogP contribution in [0.2, 0.25) is 0 Å². The highest BCUT2D eigenvalue weighted by molar-refractivity contribution is 6.35. The molecular formula is C26H30N2O5. The molecule has 0 saturated carbocycles. The predicted molar refractivity (Wildman–Crippen MR) is 125 cm³/mol. The van der Waals surface area contributed by atoms with Gasteiger partial charge >= 0.3 is 0 Å². The molecule has 0 N–H and O–H groups in total. The topological polar surface area (TPSA) is 68.3 Å². The van der Waals surface area contributed by atoms with Gasteiger partial charge in [0.15, 0.2) is 0 Å². The lowest BCUT2D eigenvalue weighted by atomic mass is 10.0. The van der Waals surface area contributed by atoms with Crippen LogP contribution in [0.3, 0.4) is 0 Å². The summed E-state index contributed by atoms with van der Waals surface area (Å²) in [4.78, 5) is 30.3. The van der Waals surface area contributed by atoms with Gasteiger partial charge in [0.2, 0.25) is 0 Å². The number of hydrogen-bond acceptors (Lipinski definition) is 6. The maximum Gasteiger partial charge on any atom is 0.277 e. The Bertz CT molecular complexity index is 1020. The molecule has 1 fully saturated rings. The van der Waals surface area contributed by atoms with Crippen LogP contribution in [0.15, 0.2) is 54.2 Å². The minimum absolute atomic E-state index is 0.0575. The molecule has 174 valence electrons. The average molecular weight is 451 g/mol. The number of morpholine rings is 1. The van der Waals surface area contributed by atoms with Crippen molar-refractivity contribution in [2.24, 2.45) is 0 Å². The average Bonchev–Trinajstić information content (AvgIpc) is 3.08. The fraction of sp³-hybridized carbons (Fsp3) is 0.385. The monoisotopic (exact) mass is 450 g/mol. The number of carbonyl (C=O) groups excluding carboxylic acids is 2. The number of amides is 2. The molecule has 4 rings (SSSR count). The molecule has 0 radical (unpaired) electrons. The van der Waals surface area contributed by atoms with Gasteiger partial charge in [0, 0.05) is 19.6 Å². The Morgan fingerprint density at radius 3 is 2.15 bits per heavy atom. The third-order valence-electron chi connectivity index (χ3n) is 5.77. The molecule has 2 amide bonds. The molecule has 7 heteroatoms. The molecule has 0 bridgehead atoms. The molecular weight excluding hydrogens is 420 g/mol. The van der Waals surface area contributed by atoms with Crippen LogP contribution < -0.4 is 9.47 Å². The van der Waals surface area contributed by atoms with Crippen LogP contribution in [0.4, 0.5) is 0 Å². The van der Waals surface area contributed by atoms with Crippen molar-refractivity contribution < 1.29 is 23.8 Å². The standard InChI is InChI=1S/C26H30N2O5/c1-18(2)33-22-10-6-20(7-11-22)23-24(27-14-16-32-17-15-27)26(30)28(25(23)29)13-12-19-4-8-21(31-3)9-5-19/h4-11,18H,12-17H2,1-3H3. The molecule has 1 saturated heterocycles. The lowest BCUT2D eigenvalue weighted by molar-refractivity contribution is -0.137. The van der Waals surface area contributed by atoms with Crippen LogP contribution >= 0.6 is 0 Å². The van der Waals surface area contributed by atoms with Crippen LogP contribution in [0.1, 0.15) is 25.0 Å². The third kappa shape index (κ3) is 5.03. The molecule has 2 aromatic rings. The Morgan fingerprint density at radius 1 is 0.909 bits per heavy atom. The van der Waals surface area contributed by atoms with Crippen LogP contribution in [0, 0.1) is 0 Å². The van der Waals surface area contributed by atoms with Gasteiger partial charge in [-0.3, -0.25) is 14.5 Å². The van der Waals surface area contributed by atoms with Crippen molar-refractivity contribution in [1.82, 2.24) is 9.80 Å². The molecule has 2 heterocycles. The van der Waals surface area contributed by atoms with E-state index in [1.165, 1.54) is 4.90 Å². The van der Waals surface area contributed by atoms with E-state index in [-0.39, 0.29) is 17.9 Å². The number of ether oxygens (including phenoxy) is 3. The Labute approximate surface area is 194 Å². The highest BCUT2D eigenvalue weighted by atomic mass is 16.5. The molecule has 0 unspecified atom stereocenters. The zero-order chi connectivity index (χ0) is 23.4. The van der Waals surface area contributed by atoms with Gasteiger partial charge in [-0.1, -0.05) is 24.3 Å². The zero-order valence-corrected chi connectivity index (χ0v) is 19.4. The first-order valence-corrected chi connectivity index (χ1v) is 11.3. The minimum Gasteiger partial charge on any atom is -0.497 e. The summed E-state index contributed by atoms with van der Waals surface area (Å²) >= 11 is 0. The summed E-state index contributed by atoms with van der Waals surface area (Å²) in [6.07, 6.45) is 0.633. The third-order valence-corrected chi connectivity index (χ3v) is 5.77. The molecule has 0 atom stereocenters. The van der Waals surface area contributed by atoms with Gasteiger partial charge in [0.05, 0.1) is 32.0 Å². The van der Waals surface area contributed by atoms with Gasteiger partial charge in [-0.2, -0.15) is 0 Å². The number of carbonyl (C=O) groups is 2. The first kappa shape index (κ1) is 22.9. The van der Waals surface area contributed by atoms with Crippen molar-refractivity contribution in [3.63, 3.8) is 0 Å². The van der Waals surface area contributed by atoms with E-state index in [1.807, 2.05) is 67.3 Å². The second-order valence-corrected chi connectivity index (χ2v) is 8.37. The van der Waals surface area contributed by atoms with E-state index in [2.05, 4.69) is 0 Å². The molecule has 7 nitrogen and oxygen atoms in total. The first-order chi connectivity index (χ1) is 16.0. The van der Waals surface area contributed by atoms with E-state index < -0.39 is 0 Å². The molecule has 0 spiro atoms. The van der Waals surface area contributed by atoms with Crippen molar-refractivity contribution in [3.05, 3.63) is 65.4 Å². The van der Waals surface area contributed by atoms with Crippen LogP contribution in [-0.2, 0) is 20.7 Å². The SMILES string of the molecule is COc1ccc(CCN2C(=O)C(c3ccc(OC(C)C)cc3)=C(N3CCOCC3)C2=O)cc1. The minimum atomic E-state index is -0.257. The van der Waals surface area contributed by atoms with E-state index in [9.17, 15) is 9.59 Å². The lowest BCUT2D eigenvalue weighted by Gasteiger charge is -2.29. The van der Waals surface area contributed by atoms with Crippen molar-refractivity contribution in [1.29, 1.82) is 0 Å². The summed E-state index contributed by atoms with van der Waals surface area (Å²) in [6.45, 7) is 6.48. The number of nitrogens with zero attached hydrogens (tertiary/aromatic N) is 2. The summed E-state index contributed by atoms with van der Waals surface area (Å²) in [6, 6.07) is 15.1. The molecule has 2 aromatic carbocycles. The maximum atomic E-state index is 13.5. The largest absolute Gasteiger partial charge is 0.497 e. The number of rotatable bonds is 8. The number of hydrogen-bond donors (Lipinski definition) is 0. The van der Waals surface area contributed by atoms with Gasteiger partial charge in [-0.05, 0) is 55.7 Å². The van der Waals surface area contributed by atoms with E-state index >= 15 is 0 Å². The Hall–Kier alpha value is -3.32. The van der Waals surface area contributed by atoms with E-state index in [1.54, 1.807) is 7.11 Å². The highest BCUT2D eigenvalue weighted by Gasteiger charge is 2.41. The Morgan fingerprint density at radius 2 is 1.55 bits per heavy atom. The number of methoxy groups -OCH3 is 1. The highest BCUT2D eigenvalue weighted by Crippen LogP contribution is 2.33. The fourth-order valence-corrected chi connectivity index (χ4v) is 4.11. The van der Waals surface area contributed by atoms with Gasteiger partial charge in [-0.25, -0.2) is 0 Å². The van der Waals surface area contributed by atoms with Crippen LogP contribution in [0.25, 0.3) is 5.57 Å². The second kappa shape index (κ2) is 10.1. The second-order valence-electron chi connectivity index (χ2n) is 8.37. The molecule has 0 aromatic heterocycles. The summed E-state index contributed by atoms with van der Waals surface area (Å²) in [5.41, 5.74) is 2.68. The van der Waals surface area contributed by atoms with Crippen molar-refractivity contribution in [3.8, 4) is 11.5 Å². The Kier molecular flexibility index (Phi) is 6.99. The van der Waals surface area contributed by atoms with E-state index in [4.69, 9.17) is 14.2 Å². The summed E-state index contributed by atoms with van der Waals surface area (Å²) in [7, 11) is 1.62. The van der Waals surface area contributed by atoms with Gasteiger partial charge in [0.1, 0.15) is 17.2 Å². The van der Waals surface area contributed by atoms with Crippen molar-refractivity contribution >= 4 is 17.4 Å². The van der Waals surface area contributed by atoms with Gasteiger partial charge in [0.25, 0.3) is 11.8 Å². The van der Waals surface area contributed by atoms with Crippen molar-refractivity contribution in [2.45, 2.75) is 26.4 Å². The first-order valence-electron chi connectivity index (χ1n) is 11.3. The summed E-state index contributed by atoms with van der Waals surface area (Å²) in [5, 5.41) is 0. The predicted octanol–water partition coefficient (Wildman–Crippen LogP) is 3.14. The quantitative estimate of drug-likeness (QED) is 0.576. The lowest BCUT2D eigenvalue weighted by Crippen LogP contribution is -2.40. The zero-order valence-electron chi connectivity index (χ0n) is 19.4. The smallest absolute Gasteiger partial charge is 0.277 e. The summed E-state index contributed by atoms with van der Waals surface area (Å²) in [5.74, 6) is 1.01. The molecule has 0 aliphatic carbocycles.